The molecule has 2 aromatic rings. The van der Waals surface area contributed by atoms with Crippen molar-refractivity contribution < 1.29 is 0 Å². The number of likely N-dealkylation sites (tertiary alicyclic amines) is 1. The Morgan fingerprint density at radius 1 is 1.08 bits per heavy atom. The van der Waals surface area contributed by atoms with Gasteiger partial charge < -0.3 is 10.2 Å². The van der Waals surface area contributed by atoms with Gasteiger partial charge in [0.25, 0.3) is 0 Å². The lowest BCUT2D eigenvalue weighted by atomic mass is 10.1. The van der Waals surface area contributed by atoms with Crippen molar-refractivity contribution in [1.29, 1.82) is 5.26 Å². The van der Waals surface area contributed by atoms with Crippen molar-refractivity contribution >= 4 is 0 Å². The van der Waals surface area contributed by atoms with Crippen LogP contribution in [0.1, 0.15) is 23.1 Å². The zero-order valence-electron chi connectivity index (χ0n) is 14.1. The van der Waals surface area contributed by atoms with E-state index in [1.807, 2.05) is 18.2 Å². The molecule has 1 saturated heterocycles. The fraction of sp³-hybridized carbons (Fsp3) is 0.381. The fourth-order valence-electron chi connectivity index (χ4n) is 3.39. The third kappa shape index (κ3) is 4.92. The minimum absolute atomic E-state index is 0.736. The minimum Gasteiger partial charge on any atom is -0.312 e. The lowest BCUT2D eigenvalue weighted by Gasteiger charge is -2.16. The van der Waals surface area contributed by atoms with Crippen molar-refractivity contribution in [3.63, 3.8) is 0 Å². The van der Waals surface area contributed by atoms with Crippen LogP contribution in [0.15, 0.2) is 54.6 Å². The quantitative estimate of drug-likeness (QED) is 0.852. The second-order valence-electron chi connectivity index (χ2n) is 6.63. The normalized spacial score (nSPS) is 17.7. The Balaban J connectivity index is 1.36. The molecule has 3 rings (SSSR count). The molecule has 124 valence electrons. The number of hydrogen-bond donors (Lipinski definition) is 1. The molecule has 1 unspecified atom stereocenters. The van der Waals surface area contributed by atoms with Gasteiger partial charge in [-0.15, -0.1) is 0 Å². The second kappa shape index (κ2) is 8.63. The van der Waals surface area contributed by atoms with Gasteiger partial charge in [0.15, 0.2) is 0 Å². The van der Waals surface area contributed by atoms with Crippen LogP contribution in [0.5, 0.6) is 0 Å². The van der Waals surface area contributed by atoms with Gasteiger partial charge in [-0.25, -0.2) is 0 Å². The molecular formula is C21H25N3. The molecule has 0 saturated carbocycles. The maximum absolute atomic E-state index is 8.95. The van der Waals surface area contributed by atoms with Gasteiger partial charge in [0.05, 0.1) is 11.6 Å². The van der Waals surface area contributed by atoms with E-state index in [-0.39, 0.29) is 0 Å². The monoisotopic (exact) mass is 319 g/mol. The van der Waals surface area contributed by atoms with Crippen LogP contribution in [0, 0.1) is 17.2 Å². The van der Waals surface area contributed by atoms with Gasteiger partial charge in [-0.1, -0.05) is 42.5 Å². The Hall–Kier alpha value is -2.15. The van der Waals surface area contributed by atoms with E-state index in [9.17, 15) is 0 Å². The molecule has 0 aromatic heterocycles. The predicted octanol–water partition coefficient (Wildman–Crippen LogP) is 3.21. The largest absolute Gasteiger partial charge is 0.312 e. The molecule has 1 aliphatic heterocycles. The summed E-state index contributed by atoms with van der Waals surface area (Å²) in [7, 11) is 0. The van der Waals surface area contributed by atoms with Gasteiger partial charge in [-0.3, -0.25) is 0 Å². The highest BCUT2D eigenvalue weighted by Gasteiger charge is 2.21. The van der Waals surface area contributed by atoms with E-state index in [1.54, 1.807) is 0 Å². The summed E-state index contributed by atoms with van der Waals surface area (Å²) in [5.41, 5.74) is 3.35. The molecule has 3 nitrogen and oxygen atoms in total. The van der Waals surface area contributed by atoms with Crippen LogP contribution in [-0.2, 0) is 13.0 Å². The smallest absolute Gasteiger partial charge is 0.0991 e. The predicted molar refractivity (Wildman–Crippen MR) is 97.6 cm³/mol. The van der Waals surface area contributed by atoms with Crippen molar-refractivity contribution in [2.24, 2.45) is 5.92 Å². The first kappa shape index (κ1) is 16.7. The summed E-state index contributed by atoms with van der Waals surface area (Å²) >= 11 is 0. The average molecular weight is 319 g/mol. The molecule has 1 N–H and O–H groups in total. The van der Waals surface area contributed by atoms with Gasteiger partial charge in [0, 0.05) is 19.6 Å². The first-order chi connectivity index (χ1) is 11.8. The Kier molecular flexibility index (Phi) is 6.01. The van der Waals surface area contributed by atoms with Gasteiger partial charge in [-0.2, -0.15) is 5.26 Å². The van der Waals surface area contributed by atoms with Gasteiger partial charge in [-0.05, 0) is 55.1 Å². The average Bonchev–Trinajstić information content (AvgIpc) is 3.09. The molecule has 3 heteroatoms. The SMILES string of the molecule is N#Cc1cccc(CNCC2CCN(CCc3ccccc3)C2)c1. The lowest BCUT2D eigenvalue weighted by Crippen LogP contribution is -2.27. The third-order valence-corrected chi connectivity index (χ3v) is 4.75. The van der Waals surface area contributed by atoms with Crippen molar-refractivity contribution in [2.75, 3.05) is 26.2 Å². The zero-order chi connectivity index (χ0) is 16.6. The zero-order valence-corrected chi connectivity index (χ0v) is 14.1. The summed E-state index contributed by atoms with van der Waals surface area (Å²) in [5.74, 6) is 0.736. The van der Waals surface area contributed by atoms with Gasteiger partial charge in [0.2, 0.25) is 0 Å². The van der Waals surface area contributed by atoms with Crippen molar-refractivity contribution in [1.82, 2.24) is 10.2 Å². The Bertz CT molecular complexity index is 675. The highest BCUT2D eigenvalue weighted by atomic mass is 15.1. The Morgan fingerprint density at radius 2 is 1.92 bits per heavy atom. The summed E-state index contributed by atoms with van der Waals surface area (Å²) in [6.07, 6.45) is 2.42. The molecular weight excluding hydrogens is 294 g/mol. The number of benzene rings is 2. The van der Waals surface area contributed by atoms with Crippen LogP contribution in [0.2, 0.25) is 0 Å². The van der Waals surface area contributed by atoms with Gasteiger partial charge >= 0.3 is 0 Å². The van der Waals surface area contributed by atoms with Crippen molar-refractivity contribution in [3.05, 3.63) is 71.3 Å². The van der Waals surface area contributed by atoms with E-state index in [1.165, 1.54) is 30.6 Å². The van der Waals surface area contributed by atoms with Crippen LogP contribution in [0.3, 0.4) is 0 Å². The van der Waals surface area contributed by atoms with Crippen LogP contribution in [0.4, 0.5) is 0 Å². The molecule has 2 aromatic carbocycles. The lowest BCUT2D eigenvalue weighted by molar-refractivity contribution is 0.325. The minimum atomic E-state index is 0.736. The van der Waals surface area contributed by atoms with E-state index < -0.39 is 0 Å². The number of rotatable bonds is 7. The summed E-state index contributed by atoms with van der Waals surface area (Å²) in [5, 5.41) is 12.5. The number of nitrogens with one attached hydrogen (secondary N) is 1. The van der Waals surface area contributed by atoms with E-state index in [2.05, 4.69) is 52.7 Å². The molecule has 24 heavy (non-hydrogen) atoms. The fourth-order valence-corrected chi connectivity index (χ4v) is 3.39. The number of nitriles is 1. The highest BCUT2D eigenvalue weighted by Crippen LogP contribution is 2.16. The molecule has 1 heterocycles. The summed E-state index contributed by atoms with van der Waals surface area (Å²) in [6.45, 7) is 5.46. The Morgan fingerprint density at radius 3 is 2.75 bits per heavy atom. The van der Waals surface area contributed by atoms with Gasteiger partial charge in [0.1, 0.15) is 0 Å². The third-order valence-electron chi connectivity index (χ3n) is 4.75. The Labute approximate surface area is 144 Å². The topological polar surface area (TPSA) is 39.1 Å². The van der Waals surface area contributed by atoms with E-state index >= 15 is 0 Å². The van der Waals surface area contributed by atoms with Crippen LogP contribution in [0.25, 0.3) is 0 Å². The van der Waals surface area contributed by atoms with E-state index in [0.717, 1.165) is 37.5 Å². The molecule has 0 spiro atoms. The molecule has 0 amide bonds. The molecule has 0 bridgehead atoms. The van der Waals surface area contributed by atoms with Crippen molar-refractivity contribution in [2.45, 2.75) is 19.4 Å². The van der Waals surface area contributed by atoms with E-state index in [0.29, 0.717) is 0 Å². The van der Waals surface area contributed by atoms with Crippen molar-refractivity contribution in [3.8, 4) is 6.07 Å². The molecule has 1 fully saturated rings. The summed E-state index contributed by atoms with van der Waals surface area (Å²) < 4.78 is 0. The maximum Gasteiger partial charge on any atom is 0.0991 e. The summed E-state index contributed by atoms with van der Waals surface area (Å²) in [4.78, 5) is 2.58. The number of nitrogens with zero attached hydrogens (tertiary/aromatic N) is 2. The summed E-state index contributed by atoms with van der Waals surface area (Å²) in [6, 6.07) is 20.8. The molecule has 1 aliphatic rings. The molecule has 0 aliphatic carbocycles. The standard InChI is InChI=1S/C21H25N3/c22-14-19-7-4-8-20(13-19)15-23-16-21-10-12-24(17-21)11-9-18-5-2-1-3-6-18/h1-8,13,21,23H,9-12,15-17H2. The molecule has 1 atom stereocenters. The van der Waals surface area contributed by atoms with Crippen LogP contribution in [-0.4, -0.2) is 31.1 Å². The second-order valence-corrected chi connectivity index (χ2v) is 6.63. The number of hydrogen-bond acceptors (Lipinski definition) is 3. The first-order valence-corrected chi connectivity index (χ1v) is 8.79. The van der Waals surface area contributed by atoms with Crippen LogP contribution >= 0.6 is 0 Å². The van der Waals surface area contributed by atoms with E-state index in [4.69, 9.17) is 5.26 Å². The molecule has 0 radical (unpaired) electrons. The highest BCUT2D eigenvalue weighted by molar-refractivity contribution is 5.32. The van der Waals surface area contributed by atoms with Crippen LogP contribution < -0.4 is 5.32 Å². The maximum atomic E-state index is 8.95. The first-order valence-electron chi connectivity index (χ1n) is 8.79.